The van der Waals surface area contributed by atoms with Crippen molar-refractivity contribution in [2.45, 2.75) is 44.0 Å². The molecule has 2 aromatic carbocycles. The number of aryl methyl sites for hydroxylation is 2. The number of anilines is 1. The van der Waals surface area contributed by atoms with Crippen LogP contribution in [0.4, 0.5) is 5.69 Å². The summed E-state index contributed by atoms with van der Waals surface area (Å²) in [5.74, 6) is 0.507. The third kappa shape index (κ3) is 4.67. The van der Waals surface area contributed by atoms with Gasteiger partial charge in [0.1, 0.15) is 5.75 Å². The van der Waals surface area contributed by atoms with Crippen molar-refractivity contribution in [3.63, 3.8) is 0 Å². The Morgan fingerprint density at radius 1 is 1.06 bits per heavy atom. The van der Waals surface area contributed by atoms with Gasteiger partial charge in [-0.3, -0.25) is 9.69 Å². The molecule has 1 unspecified atom stereocenters. The minimum atomic E-state index is -3.52. The molecule has 8 heteroatoms. The first kappa shape index (κ1) is 22.8. The first-order valence-electron chi connectivity index (χ1n) is 11.3. The molecule has 1 amide bonds. The van der Waals surface area contributed by atoms with E-state index in [9.17, 15) is 13.2 Å². The van der Waals surface area contributed by atoms with Crippen molar-refractivity contribution in [3.05, 3.63) is 53.6 Å². The molecule has 1 heterocycles. The number of amides is 1. The lowest BCUT2D eigenvalue weighted by molar-refractivity contribution is -0.121. The molecular weight excluding hydrogens is 426 g/mol. The van der Waals surface area contributed by atoms with Gasteiger partial charge in [0, 0.05) is 26.2 Å². The Morgan fingerprint density at radius 3 is 2.53 bits per heavy atom. The van der Waals surface area contributed by atoms with Crippen LogP contribution in [-0.4, -0.2) is 62.4 Å². The zero-order valence-electron chi connectivity index (χ0n) is 18.7. The van der Waals surface area contributed by atoms with Gasteiger partial charge < -0.3 is 10.1 Å². The molecule has 0 spiro atoms. The van der Waals surface area contributed by atoms with Gasteiger partial charge in [-0.05, 0) is 68.5 Å². The second-order valence-corrected chi connectivity index (χ2v) is 10.3. The van der Waals surface area contributed by atoms with Gasteiger partial charge in [-0.2, -0.15) is 4.31 Å². The van der Waals surface area contributed by atoms with Gasteiger partial charge in [0.25, 0.3) is 0 Å². The highest BCUT2D eigenvalue weighted by molar-refractivity contribution is 7.89. The maximum Gasteiger partial charge on any atom is 0.243 e. The van der Waals surface area contributed by atoms with E-state index in [1.54, 1.807) is 6.07 Å². The van der Waals surface area contributed by atoms with Crippen molar-refractivity contribution in [1.29, 1.82) is 0 Å². The second kappa shape index (κ2) is 9.60. The highest BCUT2D eigenvalue weighted by atomic mass is 32.2. The van der Waals surface area contributed by atoms with Crippen LogP contribution in [0.15, 0.2) is 47.4 Å². The molecule has 4 rings (SSSR count). The van der Waals surface area contributed by atoms with E-state index in [1.165, 1.54) is 9.87 Å². The number of sulfonamides is 1. The first-order chi connectivity index (χ1) is 15.4. The first-order valence-corrected chi connectivity index (χ1v) is 12.7. The predicted octanol–water partition coefficient (Wildman–Crippen LogP) is 2.91. The van der Waals surface area contributed by atoms with Gasteiger partial charge in [0.05, 0.1) is 23.2 Å². The van der Waals surface area contributed by atoms with Crippen LogP contribution in [0.1, 0.15) is 31.4 Å². The molecule has 1 fully saturated rings. The number of hydrogen-bond acceptors (Lipinski definition) is 5. The number of carbonyl (C=O) groups excluding carboxylic acids is 1. The maximum atomic E-state index is 13.2. The Kier molecular flexibility index (Phi) is 6.83. The number of carbonyl (C=O) groups is 1. The van der Waals surface area contributed by atoms with E-state index in [-0.39, 0.29) is 11.9 Å². The summed E-state index contributed by atoms with van der Waals surface area (Å²) in [6.45, 7) is 6.01. The van der Waals surface area contributed by atoms with Crippen LogP contribution in [0.3, 0.4) is 0 Å². The van der Waals surface area contributed by atoms with Crippen LogP contribution >= 0.6 is 0 Å². The number of ether oxygens (including phenoxy) is 1. The topological polar surface area (TPSA) is 79.0 Å². The Hall–Kier alpha value is -2.42. The summed E-state index contributed by atoms with van der Waals surface area (Å²) in [5, 5.41) is 2.95. The molecule has 1 atom stereocenters. The molecule has 1 saturated heterocycles. The van der Waals surface area contributed by atoms with E-state index in [2.05, 4.69) is 5.32 Å². The van der Waals surface area contributed by atoms with Gasteiger partial charge >= 0.3 is 0 Å². The van der Waals surface area contributed by atoms with E-state index < -0.39 is 10.0 Å². The summed E-state index contributed by atoms with van der Waals surface area (Å²) in [5.41, 5.74) is 3.06. The number of nitrogens with one attached hydrogen (secondary N) is 1. The minimum Gasteiger partial charge on any atom is -0.492 e. The average Bonchev–Trinajstić information content (AvgIpc) is 3.28. The molecule has 1 N–H and O–H groups in total. The zero-order valence-corrected chi connectivity index (χ0v) is 19.5. The Balaban J connectivity index is 1.37. The number of benzene rings is 2. The maximum absolute atomic E-state index is 13.2. The standard InChI is InChI=1S/C24H31N3O4S/c1-3-31-23-10-5-4-9-22(23)25-24(28)18(2)26-13-15-27(16-14-26)32(29,30)21-12-11-19-7-6-8-20(19)17-21/h4-5,9-12,17-18H,3,6-8,13-16H2,1-2H3,(H,25,28). The summed E-state index contributed by atoms with van der Waals surface area (Å²) in [6.07, 6.45) is 3.07. The van der Waals surface area contributed by atoms with Gasteiger partial charge in [0.15, 0.2) is 0 Å². The number of fused-ring (bicyclic) bond motifs is 1. The van der Waals surface area contributed by atoms with Crippen molar-refractivity contribution in [1.82, 2.24) is 9.21 Å². The van der Waals surface area contributed by atoms with Crippen LogP contribution in [0.5, 0.6) is 5.75 Å². The van der Waals surface area contributed by atoms with Crippen LogP contribution < -0.4 is 10.1 Å². The fourth-order valence-electron chi connectivity index (χ4n) is 4.44. The monoisotopic (exact) mass is 457 g/mol. The number of nitrogens with zero attached hydrogens (tertiary/aromatic N) is 2. The average molecular weight is 458 g/mol. The molecular formula is C24H31N3O4S. The van der Waals surface area contributed by atoms with Crippen LogP contribution in [0.2, 0.25) is 0 Å². The van der Waals surface area contributed by atoms with Crippen LogP contribution in [0.25, 0.3) is 0 Å². The lowest BCUT2D eigenvalue weighted by Crippen LogP contribution is -2.53. The van der Waals surface area contributed by atoms with E-state index >= 15 is 0 Å². The Labute approximate surface area is 190 Å². The fraction of sp³-hybridized carbons (Fsp3) is 0.458. The van der Waals surface area contributed by atoms with Gasteiger partial charge in [-0.1, -0.05) is 18.2 Å². The van der Waals surface area contributed by atoms with Crippen molar-refractivity contribution >= 4 is 21.6 Å². The van der Waals surface area contributed by atoms with E-state index in [0.29, 0.717) is 49.1 Å². The molecule has 0 radical (unpaired) electrons. The van der Waals surface area contributed by atoms with Crippen LogP contribution in [-0.2, 0) is 27.7 Å². The molecule has 0 bridgehead atoms. The van der Waals surface area contributed by atoms with Gasteiger partial charge in [-0.25, -0.2) is 8.42 Å². The number of hydrogen-bond donors (Lipinski definition) is 1. The second-order valence-electron chi connectivity index (χ2n) is 8.32. The van der Waals surface area contributed by atoms with Gasteiger partial charge in [0.2, 0.25) is 15.9 Å². The highest BCUT2D eigenvalue weighted by Crippen LogP contribution is 2.27. The van der Waals surface area contributed by atoms with Crippen molar-refractivity contribution < 1.29 is 17.9 Å². The summed E-state index contributed by atoms with van der Waals surface area (Å²) >= 11 is 0. The molecule has 172 valence electrons. The Bertz CT molecular complexity index is 1080. The largest absolute Gasteiger partial charge is 0.492 e. The highest BCUT2D eigenvalue weighted by Gasteiger charge is 2.32. The Morgan fingerprint density at radius 2 is 1.78 bits per heavy atom. The lowest BCUT2D eigenvalue weighted by atomic mass is 10.1. The predicted molar refractivity (Wildman–Crippen MR) is 125 cm³/mol. The number of para-hydroxylation sites is 2. The minimum absolute atomic E-state index is 0.132. The molecule has 2 aliphatic rings. The third-order valence-corrected chi connectivity index (χ3v) is 8.25. The molecule has 2 aromatic rings. The quantitative estimate of drug-likeness (QED) is 0.692. The lowest BCUT2D eigenvalue weighted by Gasteiger charge is -2.36. The smallest absolute Gasteiger partial charge is 0.243 e. The van der Waals surface area contributed by atoms with Gasteiger partial charge in [-0.15, -0.1) is 0 Å². The molecule has 1 aliphatic heterocycles. The third-order valence-electron chi connectivity index (χ3n) is 6.35. The summed E-state index contributed by atoms with van der Waals surface area (Å²) in [4.78, 5) is 15.2. The molecule has 7 nitrogen and oxygen atoms in total. The number of piperazine rings is 1. The SMILES string of the molecule is CCOc1ccccc1NC(=O)C(C)N1CCN(S(=O)(=O)c2ccc3c(c2)CCC3)CC1. The van der Waals surface area contributed by atoms with E-state index in [1.807, 2.05) is 55.1 Å². The molecule has 1 aliphatic carbocycles. The summed E-state index contributed by atoms with van der Waals surface area (Å²) in [6, 6.07) is 12.5. The zero-order chi connectivity index (χ0) is 22.7. The fourth-order valence-corrected chi connectivity index (χ4v) is 5.92. The van der Waals surface area contributed by atoms with E-state index in [4.69, 9.17) is 4.74 Å². The normalized spacial score (nSPS) is 18.2. The summed E-state index contributed by atoms with van der Waals surface area (Å²) < 4.78 is 33.4. The van der Waals surface area contributed by atoms with Crippen molar-refractivity contribution in [2.24, 2.45) is 0 Å². The van der Waals surface area contributed by atoms with Crippen molar-refractivity contribution in [2.75, 3.05) is 38.1 Å². The summed E-state index contributed by atoms with van der Waals surface area (Å²) in [7, 11) is -3.52. The van der Waals surface area contributed by atoms with Crippen molar-refractivity contribution in [3.8, 4) is 5.75 Å². The number of rotatable bonds is 7. The van der Waals surface area contributed by atoms with E-state index in [0.717, 1.165) is 24.8 Å². The van der Waals surface area contributed by atoms with Crippen LogP contribution in [0, 0.1) is 0 Å². The molecule has 0 saturated carbocycles. The molecule has 0 aromatic heterocycles. The molecule has 32 heavy (non-hydrogen) atoms.